The first-order valence-corrected chi connectivity index (χ1v) is 4.49. The van der Waals surface area contributed by atoms with Gasteiger partial charge in [0.25, 0.3) is 0 Å². The van der Waals surface area contributed by atoms with Crippen molar-refractivity contribution in [1.29, 1.82) is 0 Å². The summed E-state index contributed by atoms with van der Waals surface area (Å²) < 4.78 is 0. The molecule has 0 aliphatic rings. The van der Waals surface area contributed by atoms with Gasteiger partial charge in [-0.25, -0.2) is 0 Å². The summed E-state index contributed by atoms with van der Waals surface area (Å²) in [6.45, 7) is 1.81. The van der Waals surface area contributed by atoms with E-state index in [2.05, 4.69) is 0 Å². The number of benzene rings is 1. The van der Waals surface area contributed by atoms with Crippen LogP contribution in [0.3, 0.4) is 0 Å². The lowest BCUT2D eigenvalue weighted by molar-refractivity contribution is -0.107. The molecule has 0 bridgehead atoms. The number of hydrogen-bond acceptors (Lipinski definition) is 1. The van der Waals surface area contributed by atoms with Gasteiger partial charge >= 0.3 is 0 Å². The normalized spacial score (nSPS) is 11.5. The van der Waals surface area contributed by atoms with Gasteiger partial charge in [0.05, 0.1) is 0 Å². The van der Waals surface area contributed by atoms with Gasteiger partial charge in [-0.3, -0.25) is 4.79 Å². The summed E-state index contributed by atoms with van der Waals surface area (Å²) in [5.74, 6) is 0. The van der Waals surface area contributed by atoms with Gasteiger partial charge in [-0.15, -0.1) is 0 Å². The molecule has 13 heavy (non-hydrogen) atoms. The van der Waals surface area contributed by atoms with E-state index in [1.165, 1.54) is 6.08 Å². The monoisotopic (exact) mass is 214 g/mol. The fourth-order valence-electron chi connectivity index (χ4n) is 0.987. The van der Waals surface area contributed by atoms with Crippen LogP contribution >= 0.6 is 23.2 Å². The van der Waals surface area contributed by atoms with E-state index in [-0.39, 0.29) is 0 Å². The van der Waals surface area contributed by atoms with Gasteiger partial charge in [-0.05, 0) is 41.8 Å². The molecule has 0 fully saturated rings. The van der Waals surface area contributed by atoms with E-state index in [1.807, 2.05) is 19.1 Å². The molecule has 0 heterocycles. The molecule has 0 radical (unpaired) electrons. The minimum atomic E-state index is -0.475. The highest BCUT2D eigenvalue weighted by Gasteiger charge is 1.98. The molecule has 0 aromatic heterocycles. The van der Waals surface area contributed by atoms with E-state index in [0.717, 1.165) is 11.1 Å². The fraction of sp³-hybridized carbons (Fsp3) is 0.100. The average Bonchev–Trinajstić information content (AvgIpc) is 2.03. The summed E-state index contributed by atoms with van der Waals surface area (Å²) in [6.07, 6.45) is 1.37. The van der Waals surface area contributed by atoms with Gasteiger partial charge in [-0.2, -0.15) is 0 Å². The van der Waals surface area contributed by atoms with Crippen LogP contribution in [0.15, 0.2) is 30.3 Å². The van der Waals surface area contributed by atoms with E-state index in [0.29, 0.717) is 5.02 Å². The lowest BCUT2D eigenvalue weighted by atomic mass is 10.1. The SMILES string of the molecule is C/C(=C\C(=O)Cl)c1cccc(Cl)c1. The minimum absolute atomic E-state index is 0.475. The van der Waals surface area contributed by atoms with Crippen molar-refractivity contribution < 1.29 is 4.79 Å². The zero-order valence-electron chi connectivity index (χ0n) is 7.05. The van der Waals surface area contributed by atoms with E-state index in [9.17, 15) is 4.79 Å². The third-order valence-electron chi connectivity index (χ3n) is 1.61. The summed E-state index contributed by atoms with van der Waals surface area (Å²) in [5.41, 5.74) is 1.71. The molecule has 0 saturated carbocycles. The standard InChI is InChI=1S/C10H8Cl2O/c1-7(5-10(12)13)8-3-2-4-9(11)6-8/h2-6H,1H3/b7-5+. The number of allylic oxidation sites excluding steroid dienone is 2. The van der Waals surface area contributed by atoms with E-state index in [1.54, 1.807) is 12.1 Å². The summed E-state index contributed by atoms with van der Waals surface area (Å²) >= 11 is 11.0. The van der Waals surface area contributed by atoms with Crippen molar-refractivity contribution in [3.63, 3.8) is 0 Å². The Hall–Kier alpha value is -0.790. The number of rotatable bonds is 2. The fourth-order valence-corrected chi connectivity index (χ4v) is 1.34. The van der Waals surface area contributed by atoms with Crippen LogP contribution in [0.5, 0.6) is 0 Å². The van der Waals surface area contributed by atoms with E-state index >= 15 is 0 Å². The zero-order valence-corrected chi connectivity index (χ0v) is 8.56. The van der Waals surface area contributed by atoms with Gasteiger partial charge < -0.3 is 0 Å². The molecule has 0 saturated heterocycles. The molecule has 0 aliphatic heterocycles. The van der Waals surface area contributed by atoms with E-state index < -0.39 is 5.24 Å². The molecular weight excluding hydrogens is 207 g/mol. The largest absolute Gasteiger partial charge is 0.276 e. The van der Waals surface area contributed by atoms with Crippen LogP contribution in [-0.4, -0.2) is 5.24 Å². The van der Waals surface area contributed by atoms with E-state index in [4.69, 9.17) is 23.2 Å². The molecule has 0 atom stereocenters. The Morgan fingerprint density at radius 3 is 2.69 bits per heavy atom. The number of hydrogen-bond donors (Lipinski definition) is 0. The van der Waals surface area contributed by atoms with Gasteiger partial charge in [0.2, 0.25) is 5.24 Å². The molecule has 0 N–H and O–H groups in total. The second kappa shape index (κ2) is 4.45. The highest BCUT2D eigenvalue weighted by molar-refractivity contribution is 6.67. The summed E-state index contributed by atoms with van der Waals surface area (Å²) in [5, 5.41) is 0.171. The quantitative estimate of drug-likeness (QED) is 0.545. The van der Waals surface area contributed by atoms with Crippen LogP contribution in [0.25, 0.3) is 5.57 Å². The maximum atomic E-state index is 10.6. The van der Waals surface area contributed by atoms with Crippen molar-refractivity contribution in [2.45, 2.75) is 6.92 Å². The first-order valence-electron chi connectivity index (χ1n) is 3.73. The smallest absolute Gasteiger partial charge is 0.245 e. The van der Waals surface area contributed by atoms with Gasteiger partial charge in [0.15, 0.2) is 0 Å². The highest BCUT2D eigenvalue weighted by atomic mass is 35.5. The Kier molecular flexibility index (Phi) is 3.52. The predicted octanol–water partition coefficient (Wildman–Crippen LogP) is 3.51. The van der Waals surface area contributed by atoms with Crippen molar-refractivity contribution >= 4 is 34.0 Å². The Morgan fingerprint density at radius 1 is 1.46 bits per heavy atom. The molecule has 0 spiro atoms. The molecular formula is C10H8Cl2O. The molecule has 0 amide bonds. The maximum absolute atomic E-state index is 10.6. The van der Waals surface area contributed by atoms with Crippen LogP contribution in [0.2, 0.25) is 5.02 Å². The number of carbonyl (C=O) groups excluding carboxylic acids is 1. The summed E-state index contributed by atoms with van der Waals surface area (Å²) in [6, 6.07) is 7.26. The Labute approximate surface area is 87.0 Å². The van der Waals surface area contributed by atoms with Gasteiger partial charge in [0, 0.05) is 11.1 Å². The lowest BCUT2D eigenvalue weighted by Crippen LogP contribution is -1.83. The second-order valence-corrected chi connectivity index (χ2v) is 3.45. The lowest BCUT2D eigenvalue weighted by Gasteiger charge is -1.99. The molecule has 3 heteroatoms. The van der Waals surface area contributed by atoms with Crippen molar-refractivity contribution in [3.8, 4) is 0 Å². The Morgan fingerprint density at radius 2 is 2.15 bits per heavy atom. The van der Waals surface area contributed by atoms with Crippen molar-refractivity contribution in [3.05, 3.63) is 40.9 Å². The molecule has 1 rings (SSSR count). The molecule has 1 aromatic carbocycles. The molecule has 1 aromatic rings. The molecule has 0 aliphatic carbocycles. The first-order chi connectivity index (χ1) is 6.09. The maximum Gasteiger partial charge on any atom is 0.245 e. The minimum Gasteiger partial charge on any atom is -0.276 e. The predicted molar refractivity (Wildman–Crippen MR) is 56.0 cm³/mol. The van der Waals surface area contributed by atoms with Gasteiger partial charge in [0.1, 0.15) is 0 Å². The van der Waals surface area contributed by atoms with Crippen molar-refractivity contribution in [1.82, 2.24) is 0 Å². The van der Waals surface area contributed by atoms with Crippen LogP contribution in [0.4, 0.5) is 0 Å². The summed E-state index contributed by atoms with van der Waals surface area (Å²) in [4.78, 5) is 10.6. The number of carbonyl (C=O) groups is 1. The molecule has 68 valence electrons. The Bertz CT molecular complexity index is 356. The number of halogens is 2. The van der Waals surface area contributed by atoms with Crippen molar-refractivity contribution in [2.75, 3.05) is 0 Å². The first kappa shape index (κ1) is 10.3. The van der Waals surface area contributed by atoms with Crippen LogP contribution in [-0.2, 0) is 4.79 Å². The third kappa shape index (κ3) is 3.21. The zero-order chi connectivity index (χ0) is 9.84. The topological polar surface area (TPSA) is 17.1 Å². The summed E-state index contributed by atoms with van der Waals surface area (Å²) in [7, 11) is 0. The average molecular weight is 215 g/mol. The Balaban J connectivity index is 3.02. The third-order valence-corrected chi connectivity index (χ3v) is 1.95. The van der Waals surface area contributed by atoms with Crippen LogP contribution < -0.4 is 0 Å². The van der Waals surface area contributed by atoms with Crippen LogP contribution in [0, 0.1) is 0 Å². The van der Waals surface area contributed by atoms with Crippen molar-refractivity contribution in [2.24, 2.45) is 0 Å². The molecule has 0 unspecified atom stereocenters. The highest BCUT2D eigenvalue weighted by Crippen LogP contribution is 2.18. The van der Waals surface area contributed by atoms with Crippen LogP contribution in [0.1, 0.15) is 12.5 Å². The second-order valence-electron chi connectivity index (χ2n) is 2.64. The molecule has 1 nitrogen and oxygen atoms in total. The van der Waals surface area contributed by atoms with Gasteiger partial charge in [-0.1, -0.05) is 23.7 Å².